The highest BCUT2D eigenvalue weighted by molar-refractivity contribution is 5.71. The summed E-state index contributed by atoms with van der Waals surface area (Å²) in [6.45, 7) is 4.34. The van der Waals surface area contributed by atoms with Crippen LogP contribution in [0.25, 0.3) is 0 Å². The summed E-state index contributed by atoms with van der Waals surface area (Å²) in [4.78, 5) is 37.1. The maximum absolute atomic E-state index is 12.8. The first-order valence-electron chi connectivity index (χ1n) is 26.6. The van der Waals surface area contributed by atoms with Gasteiger partial charge in [0.25, 0.3) is 0 Å². The number of esters is 2. The highest BCUT2D eigenvalue weighted by Gasteiger charge is 2.21. The first kappa shape index (κ1) is 65.9. The molecular formula is C62H95NO8. The highest BCUT2D eigenvalue weighted by atomic mass is 16.7. The molecule has 0 amide bonds. The third-order valence-electron chi connectivity index (χ3n) is 10.3. The van der Waals surface area contributed by atoms with Crippen molar-refractivity contribution >= 4 is 17.9 Å². The minimum Gasteiger partial charge on any atom is -0.545 e. The Balaban J connectivity index is 4.42. The summed E-state index contributed by atoms with van der Waals surface area (Å²) < 4.78 is 22.5. The number of hydrogen-bond acceptors (Lipinski definition) is 8. The summed E-state index contributed by atoms with van der Waals surface area (Å²) in [6.07, 6.45) is 73.2. The second-order valence-corrected chi connectivity index (χ2v) is 18.1. The normalized spacial score (nSPS) is 14.1. The van der Waals surface area contributed by atoms with Crippen LogP contribution in [-0.4, -0.2) is 82.3 Å². The van der Waals surface area contributed by atoms with Crippen molar-refractivity contribution in [3.63, 3.8) is 0 Å². The number of carbonyl (C=O) groups is 3. The van der Waals surface area contributed by atoms with E-state index in [4.69, 9.17) is 18.9 Å². The van der Waals surface area contributed by atoms with Gasteiger partial charge in [0.15, 0.2) is 12.4 Å². The third kappa shape index (κ3) is 52.6. The van der Waals surface area contributed by atoms with Crippen molar-refractivity contribution in [1.82, 2.24) is 0 Å². The van der Waals surface area contributed by atoms with E-state index in [9.17, 15) is 19.5 Å². The summed E-state index contributed by atoms with van der Waals surface area (Å²) in [5.41, 5.74) is 0. The molecule has 0 radical (unpaired) electrons. The molecular weight excluding hydrogens is 887 g/mol. The first-order valence-corrected chi connectivity index (χ1v) is 26.6. The van der Waals surface area contributed by atoms with Crippen LogP contribution < -0.4 is 5.11 Å². The molecule has 0 bridgehead atoms. The second kappa shape index (κ2) is 51.3. The zero-order valence-electron chi connectivity index (χ0n) is 44.8. The average molecular weight is 982 g/mol. The van der Waals surface area contributed by atoms with Gasteiger partial charge in [-0.15, -0.1) is 0 Å². The zero-order chi connectivity index (χ0) is 52.0. The minimum absolute atomic E-state index is 0.0465. The Morgan fingerprint density at radius 2 is 0.803 bits per heavy atom. The zero-order valence-corrected chi connectivity index (χ0v) is 44.8. The molecule has 2 atom stereocenters. The van der Waals surface area contributed by atoms with E-state index < -0.39 is 30.3 Å². The quantitative estimate of drug-likeness (QED) is 0.0195. The largest absolute Gasteiger partial charge is 0.545 e. The molecule has 2 unspecified atom stereocenters. The van der Waals surface area contributed by atoms with Crippen molar-refractivity contribution in [2.45, 2.75) is 167 Å². The van der Waals surface area contributed by atoms with E-state index in [1.165, 1.54) is 0 Å². The van der Waals surface area contributed by atoms with Crippen LogP contribution in [0, 0.1) is 0 Å². The van der Waals surface area contributed by atoms with Gasteiger partial charge in [-0.05, 0) is 103 Å². The highest BCUT2D eigenvalue weighted by Crippen LogP contribution is 2.12. The second-order valence-electron chi connectivity index (χ2n) is 18.1. The van der Waals surface area contributed by atoms with Gasteiger partial charge in [0, 0.05) is 6.42 Å². The van der Waals surface area contributed by atoms with Gasteiger partial charge >= 0.3 is 11.9 Å². The number of unbranched alkanes of at least 4 members (excludes halogenated alkanes) is 6. The van der Waals surface area contributed by atoms with Crippen molar-refractivity contribution in [2.75, 3.05) is 47.5 Å². The van der Waals surface area contributed by atoms with Crippen molar-refractivity contribution in [1.29, 1.82) is 0 Å². The molecule has 0 saturated carbocycles. The Morgan fingerprint density at radius 1 is 0.437 bits per heavy atom. The molecule has 396 valence electrons. The summed E-state index contributed by atoms with van der Waals surface area (Å²) in [6, 6.07) is 0. The number of rotatable bonds is 46. The van der Waals surface area contributed by atoms with Crippen LogP contribution in [0.3, 0.4) is 0 Å². The third-order valence-corrected chi connectivity index (χ3v) is 10.3. The van der Waals surface area contributed by atoms with Gasteiger partial charge in [0.2, 0.25) is 0 Å². The number of quaternary nitrogens is 1. The maximum atomic E-state index is 12.8. The van der Waals surface area contributed by atoms with E-state index in [1.807, 2.05) is 33.3 Å². The van der Waals surface area contributed by atoms with E-state index in [-0.39, 0.29) is 32.7 Å². The Labute approximate surface area is 432 Å². The van der Waals surface area contributed by atoms with E-state index in [0.29, 0.717) is 23.9 Å². The predicted octanol–water partition coefficient (Wildman–Crippen LogP) is 14.1. The molecule has 0 aromatic rings. The predicted molar refractivity (Wildman–Crippen MR) is 296 cm³/mol. The molecule has 0 aliphatic carbocycles. The Kier molecular flexibility index (Phi) is 47.6. The van der Waals surface area contributed by atoms with Crippen LogP contribution in [0.4, 0.5) is 0 Å². The van der Waals surface area contributed by atoms with Crippen LogP contribution in [0.5, 0.6) is 0 Å². The Bertz CT molecular complexity index is 1710. The van der Waals surface area contributed by atoms with Crippen LogP contribution >= 0.6 is 0 Å². The molecule has 0 aliphatic rings. The van der Waals surface area contributed by atoms with E-state index >= 15 is 0 Å². The number of carboxylic acids is 1. The molecule has 0 heterocycles. The monoisotopic (exact) mass is 982 g/mol. The average Bonchev–Trinajstić information content (AvgIpc) is 3.34. The van der Waals surface area contributed by atoms with Gasteiger partial charge in [-0.25, -0.2) is 0 Å². The summed E-state index contributed by atoms with van der Waals surface area (Å²) in [7, 11) is 5.87. The van der Waals surface area contributed by atoms with Crippen LogP contribution in [0.2, 0.25) is 0 Å². The molecule has 71 heavy (non-hydrogen) atoms. The molecule has 0 saturated heterocycles. The lowest BCUT2D eigenvalue weighted by Gasteiger charge is -2.26. The van der Waals surface area contributed by atoms with E-state index in [2.05, 4.69) is 154 Å². The molecule has 0 fully saturated rings. The smallest absolute Gasteiger partial charge is 0.309 e. The first-order chi connectivity index (χ1) is 34.6. The molecule has 0 rings (SSSR count). The lowest BCUT2D eigenvalue weighted by atomic mass is 10.1. The molecule has 9 heteroatoms. The van der Waals surface area contributed by atoms with E-state index in [1.54, 1.807) is 6.08 Å². The van der Waals surface area contributed by atoms with Gasteiger partial charge < -0.3 is 33.3 Å². The van der Waals surface area contributed by atoms with Gasteiger partial charge in [-0.2, -0.15) is 0 Å². The molecule has 9 nitrogen and oxygen atoms in total. The topological polar surface area (TPSA) is 111 Å². The Hall–Kier alpha value is -5.09. The fourth-order valence-corrected chi connectivity index (χ4v) is 6.27. The fourth-order valence-electron chi connectivity index (χ4n) is 6.27. The number of likely N-dealkylation sites (N-methyl/N-ethyl adjacent to an activating group) is 1. The molecule has 0 N–H and O–H groups in total. The van der Waals surface area contributed by atoms with Crippen molar-refractivity contribution < 1.29 is 42.9 Å². The number of ether oxygens (including phenoxy) is 4. The van der Waals surface area contributed by atoms with Crippen molar-refractivity contribution in [3.8, 4) is 0 Å². The number of hydrogen-bond donors (Lipinski definition) is 0. The molecule has 0 spiro atoms. The number of nitrogens with zero attached hydrogens (tertiary/aromatic N) is 1. The van der Waals surface area contributed by atoms with Crippen LogP contribution in [0.1, 0.15) is 155 Å². The van der Waals surface area contributed by atoms with Gasteiger partial charge in [-0.1, -0.05) is 198 Å². The SMILES string of the molecule is CC/C=C\C/C=C\C/C=C\C/C=C\C/C=C\C/C=C\C/C=C\C/C=C\CCCCCCCCC(=O)OC(COC(=O)C/C=C\C/C=C\C/C=C\C/C=C\C/C=C\CC)COC(OCC[N+](C)(C)C)C(=O)[O-]. The Morgan fingerprint density at radius 3 is 1.20 bits per heavy atom. The summed E-state index contributed by atoms with van der Waals surface area (Å²) in [5, 5.41) is 11.7. The summed E-state index contributed by atoms with van der Waals surface area (Å²) >= 11 is 0. The van der Waals surface area contributed by atoms with Crippen LogP contribution in [-0.2, 0) is 33.3 Å². The minimum atomic E-state index is -1.66. The van der Waals surface area contributed by atoms with Gasteiger partial charge in [0.1, 0.15) is 13.2 Å². The number of carbonyl (C=O) groups excluding carboxylic acids is 3. The fraction of sp³-hybridized carbons (Fsp3) is 0.532. The standard InChI is InChI=1S/C62H95NO8/c1-6-8-10-12-14-16-18-20-22-23-24-25-26-27-28-29-30-31-32-33-34-35-36-37-39-41-43-45-47-49-51-53-60(65)71-58(57-70-62(61(66)67)68-55-54-63(3,4)5)56-69-59(64)52-50-48-46-44-42-40-38-21-19-17-15-13-11-9-7-2/h8-11,14-17,20-22,24-25,27-28,30-31,33-34,36-38,42,44,48,50,58,62H,6-7,12-13,18-19,23,26,29,32,35,39-41,43,45-47,49,51-57H2,1-5H3/b10-8-,11-9-,16-14-,17-15-,22-20-,25-24-,28-27-,31-30-,34-33-,37-36-,38-21-,44-42-,50-48-. The van der Waals surface area contributed by atoms with Crippen molar-refractivity contribution in [3.05, 3.63) is 158 Å². The molecule has 0 aromatic carbocycles. The van der Waals surface area contributed by atoms with Gasteiger partial charge in [-0.3, -0.25) is 9.59 Å². The molecule has 0 aliphatic heterocycles. The molecule has 0 aromatic heterocycles. The number of aliphatic carboxylic acids is 1. The number of allylic oxidation sites excluding steroid dienone is 25. The van der Waals surface area contributed by atoms with E-state index in [0.717, 1.165) is 116 Å². The van der Waals surface area contributed by atoms with Crippen molar-refractivity contribution in [2.24, 2.45) is 0 Å². The lowest BCUT2D eigenvalue weighted by molar-refractivity contribution is -0.870. The number of carboxylic acid groups (broad SMARTS) is 1. The maximum Gasteiger partial charge on any atom is 0.309 e. The van der Waals surface area contributed by atoms with Gasteiger partial charge in [0.05, 0.1) is 46.7 Å². The van der Waals surface area contributed by atoms with Crippen LogP contribution in [0.15, 0.2) is 158 Å². The summed E-state index contributed by atoms with van der Waals surface area (Å²) in [5.74, 6) is -2.49. The lowest BCUT2D eigenvalue weighted by Crippen LogP contribution is -2.44.